The molecule has 1 aromatic rings. The Morgan fingerprint density at radius 1 is 1.44 bits per heavy atom. The van der Waals surface area contributed by atoms with E-state index in [1.807, 2.05) is 0 Å². The van der Waals surface area contributed by atoms with E-state index in [0.717, 1.165) is 31.4 Å². The quantitative estimate of drug-likeness (QED) is 0.518. The molecule has 1 fully saturated rings. The molecule has 1 saturated carbocycles. The first-order valence-electron chi connectivity index (χ1n) is 5.97. The van der Waals surface area contributed by atoms with Crippen molar-refractivity contribution in [3.05, 3.63) is 16.4 Å². The van der Waals surface area contributed by atoms with Crippen LogP contribution in [0.2, 0.25) is 5.15 Å². The highest BCUT2D eigenvalue weighted by Gasteiger charge is 2.28. The zero-order valence-electron chi connectivity index (χ0n) is 10.2. The average Bonchev–Trinajstić information content (AvgIpc) is 2.97. The van der Waals surface area contributed by atoms with Gasteiger partial charge in [-0.05, 0) is 12.8 Å². The van der Waals surface area contributed by atoms with Crippen molar-refractivity contribution in [2.45, 2.75) is 38.0 Å². The normalized spacial score (nSPS) is 15.9. The molecular weight excluding hydrogens is 256 g/mol. The number of carbonyl (C=O) groups is 2. The van der Waals surface area contributed by atoms with E-state index in [9.17, 15) is 9.59 Å². The van der Waals surface area contributed by atoms with Crippen LogP contribution in [0.15, 0.2) is 0 Å². The predicted molar refractivity (Wildman–Crippen MR) is 65.8 cm³/mol. The zero-order chi connectivity index (χ0) is 13.1. The Balaban J connectivity index is 2.23. The van der Waals surface area contributed by atoms with Gasteiger partial charge in [0, 0.05) is 5.92 Å². The molecule has 0 saturated heterocycles. The largest absolute Gasteiger partial charge is 0.469 e. The highest BCUT2D eigenvalue weighted by molar-refractivity contribution is 6.33. The molecule has 2 rings (SSSR count). The van der Waals surface area contributed by atoms with E-state index in [2.05, 4.69) is 14.9 Å². The van der Waals surface area contributed by atoms with E-state index in [1.54, 1.807) is 0 Å². The molecule has 0 amide bonds. The summed E-state index contributed by atoms with van der Waals surface area (Å²) in [6.07, 6.45) is 4.04. The number of H-pyrrole nitrogens is 1. The summed E-state index contributed by atoms with van der Waals surface area (Å²) in [4.78, 5) is 23.2. The number of nitrogens with zero attached hydrogens (tertiary/aromatic N) is 1. The average molecular weight is 271 g/mol. The summed E-state index contributed by atoms with van der Waals surface area (Å²) in [6, 6.07) is 0. The Bertz CT molecular complexity index is 464. The monoisotopic (exact) mass is 270 g/mol. The van der Waals surface area contributed by atoms with Crippen molar-refractivity contribution in [3.63, 3.8) is 0 Å². The van der Waals surface area contributed by atoms with Crippen molar-refractivity contribution in [2.24, 2.45) is 0 Å². The van der Waals surface area contributed by atoms with Gasteiger partial charge in [-0.15, -0.1) is 0 Å². The molecular formula is C12H15ClN2O3. The van der Waals surface area contributed by atoms with Crippen LogP contribution < -0.4 is 0 Å². The molecule has 1 aliphatic carbocycles. The van der Waals surface area contributed by atoms with Gasteiger partial charge in [-0.25, -0.2) is 0 Å². The van der Waals surface area contributed by atoms with Gasteiger partial charge in [-0.3, -0.25) is 14.7 Å². The van der Waals surface area contributed by atoms with Crippen LogP contribution in [-0.2, 0) is 9.53 Å². The molecule has 0 radical (unpaired) electrons. The Morgan fingerprint density at radius 3 is 2.72 bits per heavy atom. The fraction of sp³-hybridized carbons (Fsp3) is 0.583. The van der Waals surface area contributed by atoms with Gasteiger partial charge in [0.1, 0.15) is 6.42 Å². The molecule has 0 spiro atoms. The molecule has 1 aromatic heterocycles. The van der Waals surface area contributed by atoms with E-state index in [4.69, 9.17) is 11.6 Å². The van der Waals surface area contributed by atoms with E-state index in [1.165, 1.54) is 7.11 Å². The number of nitrogens with one attached hydrogen (secondary N) is 1. The van der Waals surface area contributed by atoms with Crippen LogP contribution in [-0.4, -0.2) is 29.1 Å². The van der Waals surface area contributed by atoms with Crippen molar-refractivity contribution in [1.29, 1.82) is 0 Å². The Hall–Kier alpha value is -1.36. The van der Waals surface area contributed by atoms with E-state index >= 15 is 0 Å². The number of ketones is 1. The minimum Gasteiger partial charge on any atom is -0.469 e. The third-order valence-electron chi connectivity index (χ3n) is 3.32. The second kappa shape index (κ2) is 5.52. The van der Waals surface area contributed by atoms with Crippen molar-refractivity contribution in [1.82, 2.24) is 10.2 Å². The maximum Gasteiger partial charge on any atom is 0.313 e. The molecule has 1 heterocycles. The third kappa shape index (κ3) is 2.56. The summed E-state index contributed by atoms with van der Waals surface area (Å²) in [5.74, 6) is -0.598. The minimum atomic E-state index is -0.561. The molecule has 0 unspecified atom stereocenters. The second-order valence-electron chi connectivity index (χ2n) is 4.46. The number of hydrogen-bond donors (Lipinski definition) is 1. The number of ether oxygens (including phenoxy) is 1. The van der Waals surface area contributed by atoms with Gasteiger partial charge in [0.05, 0.1) is 18.4 Å². The van der Waals surface area contributed by atoms with Gasteiger partial charge in [-0.1, -0.05) is 24.4 Å². The number of hydrogen-bond acceptors (Lipinski definition) is 4. The molecule has 0 atom stereocenters. The van der Waals surface area contributed by atoms with Crippen molar-refractivity contribution < 1.29 is 14.3 Å². The first-order chi connectivity index (χ1) is 8.63. The highest BCUT2D eigenvalue weighted by Crippen LogP contribution is 2.36. The van der Waals surface area contributed by atoms with Crippen LogP contribution in [0.3, 0.4) is 0 Å². The SMILES string of the molecule is COC(=O)CC(=O)c1c(Cl)n[nH]c1C1CCCC1. The van der Waals surface area contributed by atoms with E-state index < -0.39 is 5.97 Å². The maximum atomic E-state index is 12.0. The lowest BCUT2D eigenvalue weighted by molar-refractivity contribution is -0.139. The van der Waals surface area contributed by atoms with Crippen molar-refractivity contribution in [3.8, 4) is 0 Å². The number of aromatic nitrogens is 2. The molecule has 18 heavy (non-hydrogen) atoms. The van der Waals surface area contributed by atoms with Gasteiger partial charge >= 0.3 is 5.97 Å². The summed E-state index contributed by atoms with van der Waals surface area (Å²) in [6.45, 7) is 0. The van der Waals surface area contributed by atoms with E-state index in [0.29, 0.717) is 11.5 Å². The summed E-state index contributed by atoms with van der Waals surface area (Å²) in [7, 11) is 1.25. The second-order valence-corrected chi connectivity index (χ2v) is 4.82. The lowest BCUT2D eigenvalue weighted by Crippen LogP contribution is -2.12. The number of Topliss-reactive ketones (excluding diaryl/α,β-unsaturated/α-hetero) is 1. The minimum absolute atomic E-state index is 0.144. The number of rotatable bonds is 4. The summed E-state index contributed by atoms with van der Waals surface area (Å²) >= 11 is 5.93. The van der Waals surface area contributed by atoms with E-state index in [-0.39, 0.29) is 17.4 Å². The topological polar surface area (TPSA) is 72.1 Å². The summed E-state index contributed by atoms with van der Waals surface area (Å²) < 4.78 is 4.49. The number of carbonyl (C=O) groups excluding carboxylic acids is 2. The van der Waals surface area contributed by atoms with Crippen LogP contribution in [0, 0.1) is 0 Å². The van der Waals surface area contributed by atoms with Gasteiger partial charge in [0.25, 0.3) is 0 Å². The molecule has 1 N–H and O–H groups in total. The van der Waals surface area contributed by atoms with Crippen LogP contribution in [0.5, 0.6) is 0 Å². The zero-order valence-corrected chi connectivity index (χ0v) is 10.9. The smallest absolute Gasteiger partial charge is 0.313 e. The summed E-state index contributed by atoms with van der Waals surface area (Å²) in [5, 5.41) is 6.86. The lowest BCUT2D eigenvalue weighted by atomic mass is 9.97. The van der Waals surface area contributed by atoms with Gasteiger partial charge in [0.15, 0.2) is 10.9 Å². The number of esters is 1. The van der Waals surface area contributed by atoms with Gasteiger partial charge in [-0.2, -0.15) is 5.10 Å². The molecule has 0 aliphatic heterocycles. The lowest BCUT2D eigenvalue weighted by Gasteiger charge is -2.08. The molecule has 0 bridgehead atoms. The molecule has 0 aromatic carbocycles. The van der Waals surface area contributed by atoms with Gasteiger partial charge in [0.2, 0.25) is 0 Å². The first kappa shape index (κ1) is 13.1. The Morgan fingerprint density at radius 2 is 2.11 bits per heavy atom. The predicted octanol–water partition coefficient (Wildman–Crippen LogP) is 2.47. The molecule has 98 valence electrons. The molecule has 6 heteroatoms. The van der Waals surface area contributed by atoms with Gasteiger partial charge < -0.3 is 4.74 Å². The standard InChI is InChI=1S/C12H15ClN2O3/c1-18-9(17)6-8(16)10-11(14-15-12(10)13)7-4-2-3-5-7/h7H,2-6H2,1H3,(H,14,15). The molecule has 5 nitrogen and oxygen atoms in total. The van der Waals surface area contributed by atoms with Crippen LogP contribution in [0.4, 0.5) is 0 Å². The summed E-state index contributed by atoms with van der Waals surface area (Å²) in [5.41, 5.74) is 1.13. The molecule has 1 aliphatic rings. The maximum absolute atomic E-state index is 12.0. The Kier molecular flexibility index (Phi) is 4.01. The first-order valence-corrected chi connectivity index (χ1v) is 6.35. The fourth-order valence-corrected chi connectivity index (χ4v) is 2.65. The number of methoxy groups -OCH3 is 1. The third-order valence-corrected chi connectivity index (χ3v) is 3.60. The number of halogens is 1. The Labute approximate surface area is 110 Å². The van der Waals surface area contributed by atoms with Crippen LogP contribution in [0.1, 0.15) is 54.1 Å². The van der Waals surface area contributed by atoms with Crippen molar-refractivity contribution >= 4 is 23.4 Å². The van der Waals surface area contributed by atoms with Crippen molar-refractivity contribution in [2.75, 3.05) is 7.11 Å². The number of aromatic amines is 1. The van der Waals surface area contributed by atoms with Crippen LogP contribution in [0.25, 0.3) is 0 Å². The van der Waals surface area contributed by atoms with Crippen LogP contribution >= 0.6 is 11.6 Å². The highest BCUT2D eigenvalue weighted by atomic mass is 35.5. The fourth-order valence-electron chi connectivity index (χ4n) is 2.40.